The lowest BCUT2D eigenvalue weighted by Crippen LogP contribution is -2.48. The number of amides is 1. The number of aromatic amines is 1. The Labute approximate surface area is 101 Å². The van der Waals surface area contributed by atoms with E-state index < -0.39 is 0 Å². The largest absolute Gasteiger partial charge is 0.354 e. The van der Waals surface area contributed by atoms with E-state index in [1.807, 2.05) is 0 Å². The van der Waals surface area contributed by atoms with E-state index in [9.17, 15) is 4.79 Å². The van der Waals surface area contributed by atoms with Gasteiger partial charge >= 0.3 is 0 Å². The normalized spacial score (nSPS) is 24.5. The highest BCUT2D eigenvalue weighted by molar-refractivity contribution is 5.81. The summed E-state index contributed by atoms with van der Waals surface area (Å²) >= 11 is 0. The number of carbonyl (C=O) groups is 1. The average Bonchev–Trinajstić information content (AvgIpc) is 2.82. The van der Waals surface area contributed by atoms with Gasteiger partial charge in [0.2, 0.25) is 5.91 Å². The van der Waals surface area contributed by atoms with Crippen molar-refractivity contribution >= 4 is 5.91 Å². The quantitative estimate of drug-likeness (QED) is 0.711. The molecule has 5 nitrogen and oxygen atoms in total. The standard InChI is InChI=1S/C12H20N4O/c1-9-2-4-13-10(8-9)12(17)16-5-3-11-14-6-7-15-11/h6-7,9-10,13H,2-5,8H2,1H3,(H,14,15)(H,16,17). The molecule has 2 rings (SSSR count). The van der Waals surface area contributed by atoms with Crippen LogP contribution in [0.5, 0.6) is 0 Å². The van der Waals surface area contributed by atoms with Crippen LogP contribution in [-0.2, 0) is 11.2 Å². The fraction of sp³-hybridized carbons (Fsp3) is 0.667. The van der Waals surface area contributed by atoms with Crippen LogP contribution in [0.3, 0.4) is 0 Å². The van der Waals surface area contributed by atoms with E-state index in [0.29, 0.717) is 12.5 Å². The second-order valence-electron chi connectivity index (χ2n) is 4.71. The molecule has 17 heavy (non-hydrogen) atoms. The summed E-state index contributed by atoms with van der Waals surface area (Å²) in [6.45, 7) is 3.78. The molecule has 1 aliphatic rings. The fourth-order valence-electron chi connectivity index (χ4n) is 2.17. The molecule has 1 aromatic rings. The molecule has 1 aliphatic heterocycles. The molecule has 2 atom stereocenters. The van der Waals surface area contributed by atoms with E-state index >= 15 is 0 Å². The van der Waals surface area contributed by atoms with Crippen molar-refractivity contribution in [2.45, 2.75) is 32.2 Å². The highest BCUT2D eigenvalue weighted by Gasteiger charge is 2.23. The third kappa shape index (κ3) is 3.56. The van der Waals surface area contributed by atoms with Crippen molar-refractivity contribution in [3.05, 3.63) is 18.2 Å². The monoisotopic (exact) mass is 236 g/mol. The smallest absolute Gasteiger partial charge is 0.237 e. The molecule has 0 radical (unpaired) electrons. The molecule has 0 aliphatic carbocycles. The molecule has 0 bridgehead atoms. The van der Waals surface area contributed by atoms with Crippen molar-refractivity contribution in [1.29, 1.82) is 0 Å². The molecule has 0 aromatic carbocycles. The Bertz CT molecular complexity index is 349. The number of H-pyrrole nitrogens is 1. The van der Waals surface area contributed by atoms with Crippen molar-refractivity contribution < 1.29 is 4.79 Å². The van der Waals surface area contributed by atoms with E-state index in [0.717, 1.165) is 31.6 Å². The van der Waals surface area contributed by atoms with Gasteiger partial charge in [0, 0.05) is 25.4 Å². The summed E-state index contributed by atoms with van der Waals surface area (Å²) in [6, 6.07) is -0.0182. The van der Waals surface area contributed by atoms with Crippen molar-refractivity contribution in [1.82, 2.24) is 20.6 Å². The third-order valence-electron chi connectivity index (χ3n) is 3.20. The lowest BCUT2D eigenvalue weighted by molar-refractivity contribution is -0.124. The Morgan fingerprint density at radius 2 is 2.53 bits per heavy atom. The molecule has 0 saturated carbocycles. The van der Waals surface area contributed by atoms with Crippen LogP contribution in [0, 0.1) is 5.92 Å². The number of hydrogen-bond donors (Lipinski definition) is 3. The number of hydrogen-bond acceptors (Lipinski definition) is 3. The van der Waals surface area contributed by atoms with E-state index in [4.69, 9.17) is 0 Å². The predicted octanol–water partition coefficient (Wildman–Crippen LogP) is 0.457. The van der Waals surface area contributed by atoms with Crippen LogP contribution in [0.2, 0.25) is 0 Å². The molecular weight excluding hydrogens is 216 g/mol. The number of aromatic nitrogens is 2. The highest BCUT2D eigenvalue weighted by atomic mass is 16.2. The first-order valence-corrected chi connectivity index (χ1v) is 6.25. The second-order valence-corrected chi connectivity index (χ2v) is 4.71. The van der Waals surface area contributed by atoms with Gasteiger partial charge in [-0.3, -0.25) is 4.79 Å². The Kier molecular flexibility index (Phi) is 4.14. The van der Waals surface area contributed by atoms with Gasteiger partial charge in [-0.1, -0.05) is 6.92 Å². The van der Waals surface area contributed by atoms with E-state index in [1.165, 1.54) is 0 Å². The number of rotatable bonds is 4. The molecule has 1 fully saturated rings. The first-order chi connectivity index (χ1) is 8.25. The molecule has 94 valence electrons. The minimum Gasteiger partial charge on any atom is -0.354 e. The first kappa shape index (κ1) is 12.1. The summed E-state index contributed by atoms with van der Waals surface area (Å²) in [7, 11) is 0. The van der Waals surface area contributed by atoms with Gasteiger partial charge in [0.05, 0.1) is 6.04 Å². The summed E-state index contributed by atoms with van der Waals surface area (Å²) in [4.78, 5) is 19.0. The summed E-state index contributed by atoms with van der Waals surface area (Å²) in [5.41, 5.74) is 0. The van der Waals surface area contributed by atoms with Gasteiger partial charge in [0.25, 0.3) is 0 Å². The Balaban J connectivity index is 1.70. The van der Waals surface area contributed by atoms with Crippen molar-refractivity contribution in [2.75, 3.05) is 13.1 Å². The maximum atomic E-state index is 11.9. The minimum absolute atomic E-state index is 0.0182. The summed E-state index contributed by atoms with van der Waals surface area (Å²) in [6.07, 6.45) is 6.37. The first-order valence-electron chi connectivity index (χ1n) is 6.25. The van der Waals surface area contributed by atoms with E-state index in [1.54, 1.807) is 12.4 Å². The molecule has 0 spiro atoms. The van der Waals surface area contributed by atoms with E-state index in [2.05, 4.69) is 27.5 Å². The van der Waals surface area contributed by atoms with Crippen LogP contribution in [0.4, 0.5) is 0 Å². The third-order valence-corrected chi connectivity index (χ3v) is 3.20. The van der Waals surface area contributed by atoms with E-state index in [-0.39, 0.29) is 11.9 Å². The molecule has 3 N–H and O–H groups in total. The lowest BCUT2D eigenvalue weighted by Gasteiger charge is -2.27. The molecule has 2 heterocycles. The van der Waals surface area contributed by atoms with Crippen LogP contribution in [-0.4, -0.2) is 35.0 Å². The molecule has 1 saturated heterocycles. The summed E-state index contributed by atoms with van der Waals surface area (Å²) < 4.78 is 0. The van der Waals surface area contributed by atoms with Gasteiger partial charge in [-0.15, -0.1) is 0 Å². The maximum absolute atomic E-state index is 11.9. The Hall–Kier alpha value is -1.36. The van der Waals surface area contributed by atoms with Crippen LogP contribution < -0.4 is 10.6 Å². The average molecular weight is 236 g/mol. The van der Waals surface area contributed by atoms with Crippen LogP contribution in [0.25, 0.3) is 0 Å². The van der Waals surface area contributed by atoms with Gasteiger partial charge in [-0.05, 0) is 25.3 Å². The number of nitrogens with zero attached hydrogens (tertiary/aromatic N) is 1. The maximum Gasteiger partial charge on any atom is 0.237 e. The summed E-state index contributed by atoms with van der Waals surface area (Å²) in [5.74, 6) is 1.66. The van der Waals surface area contributed by atoms with Crippen molar-refractivity contribution in [3.63, 3.8) is 0 Å². The molecular formula is C12H20N4O. The fourth-order valence-corrected chi connectivity index (χ4v) is 2.17. The second kappa shape index (κ2) is 5.82. The van der Waals surface area contributed by atoms with Gasteiger partial charge in [-0.25, -0.2) is 4.98 Å². The predicted molar refractivity (Wildman–Crippen MR) is 65.5 cm³/mol. The zero-order chi connectivity index (χ0) is 12.1. The van der Waals surface area contributed by atoms with Crippen LogP contribution >= 0.6 is 0 Å². The zero-order valence-corrected chi connectivity index (χ0v) is 10.2. The number of nitrogens with one attached hydrogen (secondary N) is 3. The minimum atomic E-state index is -0.0182. The van der Waals surface area contributed by atoms with Crippen LogP contribution in [0.1, 0.15) is 25.6 Å². The van der Waals surface area contributed by atoms with Gasteiger partial charge in [0.1, 0.15) is 5.82 Å². The van der Waals surface area contributed by atoms with Gasteiger partial charge < -0.3 is 15.6 Å². The lowest BCUT2D eigenvalue weighted by atomic mass is 9.94. The molecule has 1 aromatic heterocycles. The molecule has 1 amide bonds. The zero-order valence-electron chi connectivity index (χ0n) is 10.2. The number of piperidine rings is 1. The number of carbonyl (C=O) groups excluding carboxylic acids is 1. The highest BCUT2D eigenvalue weighted by Crippen LogP contribution is 2.14. The SMILES string of the molecule is CC1CCNC(C(=O)NCCc2ncc[nH]2)C1. The van der Waals surface area contributed by atoms with Gasteiger partial charge in [-0.2, -0.15) is 0 Å². The van der Waals surface area contributed by atoms with Crippen LogP contribution in [0.15, 0.2) is 12.4 Å². The number of imidazole rings is 1. The van der Waals surface area contributed by atoms with Crippen molar-refractivity contribution in [2.24, 2.45) is 5.92 Å². The summed E-state index contributed by atoms with van der Waals surface area (Å²) in [5, 5.41) is 6.21. The molecule has 5 heteroatoms. The Morgan fingerprint density at radius 1 is 1.65 bits per heavy atom. The Morgan fingerprint density at radius 3 is 3.24 bits per heavy atom. The van der Waals surface area contributed by atoms with Crippen molar-refractivity contribution in [3.8, 4) is 0 Å². The van der Waals surface area contributed by atoms with Gasteiger partial charge in [0.15, 0.2) is 0 Å². The molecule has 2 unspecified atom stereocenters. The topological polar surface area (TPSA) is 69.8 Å².